The van der Waals surface area contributed by atoms with Crippen LogP contribution in [0.3, 0.4) is 0 Å². The molecule has 0 spiro atoms. The van der Waals surface area contributed by atoms with E-state index in [4.69, 9.17) is 0 Å². The van der Waals surface area contributed by atoms with Gasteiger partial charge in [-0.3, -0.25) is 0 Å². The van der Waals surface area contributed by atoms with E-state index in [9.17, 15) is 0 Å². The predicted molar refractivity (Wildman–Crippen MR) is 36.7 cm³/mol. The second-order valence-corrected chi connectivity index (χ2v) is 3.19. The molecule has 0 N–H and O–H groups in total. The molecule has 1 fully saturated rings. The Morgan fingerprint density at radius 3 is 1.88 bits per heavy atom. The highest BCUT2D eigenvalue weighted by molar-refractivity contribution is 5.33. The van der Waals surface area contributed by atoms with Crippen LogP contribution in [0.4, 0.5) is 0 Å². The average Bonchev–Trinajstić information content (AvgIpc) is 2.09. The van der Waals surface area contributed by atoms with Gasteiger partial charge >= 0.3 is 0 Å². The lowest BCUT2D eigenvalue weighted by molar-refractivity contribution is 0.596. The van der Waals surface area contributed by atoms with Gasteiger partial charge in [-0.15, -0.1) is 0 Å². The zero-order valence-electron chi connectivity index (χ0n) is 6.15. The third-order valence-electron chi connectivity index (χ3n) is 2.52. The minimum absolute atomic E-state index is 0.536. The normalized spacial score (nSPS) is 38.0. The molecule has 1 aliphatic rings. The standard InChI is InChI=1S/C8H14/c1-5-7-6(2)8(7,3)4/h5-6H,1-4H3/b7-5-. The monoisotopic (exact) mass is 110 g/mol. The zero-order chi connectivity index (χ0) is 6.36. The molecule has 1 unspecified atom stereocenters. The Kier molecular flexibility index (Phi) is 1.00. The van der Waals surface area contributed by atoms with Crippen molar-refractivity contribution in [3.63, 3.8) is 0 Å². The van der Waals surface area contributed by atoms with Gasteiger partial charge < -0.3 is 0 Å². The van der Waals surface area contributed by atoms with Crippen LogP contribution < -0.4 is 0 Å². The quantitative estimate of drug-likeness (QED) is 0.420. The number of allylic oxidation sites excluding steroid dienone is 2. The summed E-state index contributed by atoms with van der Waals surface area (Å²) >= 11 is 0. The van der Waals surface area contributed by atoms with Gasteiger partial charge in [0.1, 0.15) is 0 Å². The van der Waals surface area contributed by atoms with Crippen LogP contribution in [0.1, 0.15) is 27.7 Å². The summed E-state index contributed by atoms with van der Waals surface area (Å²) in [6.45, 7) is 9.01. The fourth-order valence-corrected chi connectivity index (χ4v) is 1.43. The minimum atomic E-state index is 0.536. The zero-order valence-corrected chi connectivity index (χ0v) is 6.15. The number of rotatable bonds is 0. The molecule has 0 aromatic heterocycles. The van der Waals surface area contributed by atoms with Crippen molar-refractivity contribution in [1.82, 2.24) is 0 Å². The lowest BCUT2D eigenvalue weighted by atomic mass is 10.1. The molecule has 1 aliphatic carbocycles. The smallest absolute Gasteiger partial charge is 0.00788 e. The van der Waals surface area contributed by atoms with E-state index in [2.05, 4.69) is 33.8 Å². The molecule has 0 aliphatic heterocycles. The van der Waals surface area contributed by atoms with E-state index in [0.29, 0.717) is 5.41 Å². The first-order valence-electron chi connectivity index (χ1n) is 3.27. The summed E-state index contributed by atoms with van der Waals surface area (Å²) in [5, 5.41) is 0. The van der Waals surface area contributed by atoms with E-state index in [0.717, 1.165) is 5.92 Å². The summed E-state index contributed by atoms with van der Waals surface area (Å²) in [7, 11) is 0. The Hall–Kier alpha value is -0.260. The van der Waals surface area contributed by atoms with E-state index in [1.807, 2.05) is 0 Å². The summed E-state index contributed by atoms with van der Waals surface area (Å²) in [6, 6.07) is 0. The van der Waals surface area contributed by atoms with Crippen LogP contribution in [0, 0.1) is 11.3 Å². The molecule has 0 bridgehead atoms. The fourth-order valence-electron chi connectivity index (χ4n) is 1.43. The van der Waals surface area contributed by atoms with Gasteiger partial charge in [0.25, 0.3) is 0 Å². The first kappa shape index (κ1) is 5.87. The van der Waals surface area contributed by atoms with Crippen LogP contribution in [-0.2, 0) is 0 Å². The Morgan fingerprint density at radius 1 is 1.50 bits per heavy atom. The Bertz CT molecular complexity index is 129. The van der Waals surface area contributed by atoms with E-state index in [-0.39, 0.29) is 0 Å². The molecule has 0 heterocycles. The Morgan fingerprint density at radius 2 is 1.88 bits per heavy atom. The van der Waals surface area contributed by atoms with Crippen LogP contribution in [0.5, 0.6) is 0 Å². The third-order valence-corrected chi connectivity index (χ3v) is 2.52. The van der Waals surface area contributed by atoms with Crippen molar-refractivity contribution in [3.05, 3.63) is 11.6 Å². The summed E-state index contributed by atoms with van der Waals surface area (Å²) in [4.78, 5) is 0. The fraction of sp³-hybridized carbons (Fsp3) is 0.750. The molecule has 1 saturated carbocycles. The summed E-state index contributed by atoms with van der Waals surface area (Å²) in [5.41, 5.74) is 2.16. The molecule has 0 amide bonds. The second-order valence-electron chi connectivity index (χ2n) is 3.19. The predicted octanol–water partition coefficient (Wildman–Crippen LogP) is 2.61. The van der Waals surface area contributed by atoms with Crippen LogP contribution in [0.25, 0.3) is 0 Å². The molecule has 0 aromatic rings. The van der Waals surface area contributed by atoms with Gasteiger partial charge in [-0.1, -0.05) is 32.4 Å². The van der Waals surface area contributed by atoms with Crippen molar-refractivity contribution < 1.29 is 0 Å². The summed E-state index contributed by atoms with van der Waals surface area (Å²) < 4.78 is 0. The van der Waals surface area contributed by atoms with Crippen LogP contribution in [0.2, 0.25) is 0 Å². The van der Waals surface area contributed by atoms with Gasteiger partial charge in [0.05, 0.1) is 0 Å². The van der Waals surface area contributed by atoms with Crippen molar-refractivity contribution in [1.29, 1.82) is 0 Å². The maximum absolute atomic E-state index is 2.30. The molecule has 0 nitrogen and oxygen atoms in total. The average molecular weight is 110 g/mol. The van der Waals surface area contributed by atoms with Crippen LogP contribution >= 0.6 is 0 Å². The highest BCUT2D eigenvalue weighted by Gasteiger charge is 2.47. The molecule has 1 rings (SSSR count). The van der Waals surface area contributed by atoms with Crippen LogP contribution in [0.15, 0.2) is 11.6 Å². The topological polar surface area (TPSA) is 0 Å². The molecule has 0 aromatic carbocycles. The van der Waals surface area contributed by atoms with Crippen molar-refractivity contribution in [2.45, 2.75) is 27.7 Å². The second kappa shape index (κ2) is 1.37. The number of hydrogen-bond donors (Lipinski definition) is 0. The van der Waals surface area contributed by atoms with Crippen LogP contribution in [-0.4, -0.2) is 0 Å². The minimum Gasteiger partial charge on any atom is -0.0876 e. The first-order chi connectivity index (χ1) is 3.60. The summed E-state index contributed by atoms with van der Waals surface area (Å²) in [5.74, 6) is 0.840. The largest absolute Gasteiger partial charge is 0.0876 e. The molecule has 46 valence electrons. The first-order valence-corrected chi connectivity index (χ1v) is 3.27. The van der Waals surface area contributed by atoms with Crippen molar-refractivity contribution in [3.8, 4) is 0 Å². The summed E-state index contributed by atoms with van der Waals surface area (Å²) in [6.07, 6.45) is 2.24. The number of hydrogen-bond acceptors (Lipinski definition) is 0. The van der Waals surface area contributed by atoms with Gasteiger partial charge in [-0.05, 0) is 18.3 Å². The highest BCUT2D eigenvalue weighted by Crippen LogP contribution is 2.56. The molecular weight excluding hydrogens is 96.1 g/mol. The molecule has 8 heavy (non-hydrogen) atoms. The lowest BCUT2D eigenvalue weighted by Gasteiger charge is -1.91. The molecule has 0 heteroatoms. The van der Waals surface area contributed by atoms with E-state index >= 15 is 0 Å². The lowest BCUT2D eigenvalue weighted by Crippen LogP contribution is -1.83. The van der Waals surface area contributed by atoms with Gasteiger partial charge in [0.2, 0.25) is 0 Å². The highest BCUT2D eigenvalue weighted by atomic mass is 14.5. The SMILES string of the molecule is C/C=C1/C(C)C1(C)C. The maximum atomic E-state index is 2.30. The molecule has 0 saturated heterocycles. The van der Waals surface area contributed by atoms with E-state index < -0.39 is 0 Å². The van der Waals surface area contributed by atoms with Crippen molar-refractivity contribution in [2.24, 2.45) is 11.3 Å². The van der Waals surface area contributed by atoms with E-state index in [1.54, 1.807) is 5.57 Å². The van der Waals surface area contributed by atoms with Gasteiger partial charge in [0.15, 0.2) is 0 Å². The maximum Gasteiger partial charge on any atom is -0.00788 e. The van der Waals surface area contributed by atoms with Crippen molar-refractivity contribution in [2.75, 3.05) is 0 Å². The molecule has 0 radical (unpaired) electrons. The van der Waals surface area contributed by atoms with Crippen molar-refractivity contribution >= 4 is 0 Å². The Labute approximate surface area is 51.6 Å². The third kappa shape index (κ3) is 0.521. The van der Waals surface area contributed by atoms with Gasteiger partial charge in [-0.25, -0.2) is 0 Å². The molecule has 1 atom stereocenters. The van der Waals surface area contributed by atoms with Gasteiger partial charge in [0, 0.05) is 0 Å². The molecular formula is C8H14. The van der Waals surface area contributed by atoms with Gasteiger partial charge in [-0.2, -0.15) is 0 Å². The Balaban J connectivity index is 2.73. The van der Waals surface area contributed by atoms with E-state index in [1.165, 1.54) is 0 Å².